The van der Waals surface area contributed by atoms with Gasteiger partial charge in [0.15, 0.2) is 0 Å². The Morgan fingerprint density at radius 3 is 3.15 bits per heavy atom. The van der Waals surface area contributed by atoms with Gasteiger partial charge < -0.3 is 15.4 Å². The summed E-state index contributed by atoms with van der Waals surface area (Å²) in [5.41, 5.74) is 0.801. The number of amides is 1. The third-order valence-electron chi connectivity index (χ3n) is 3.45. The van der Waals surface area contributed by atoms with Crippen LogP contribution in [0.4, 0.5) is 5.69 Å². The topological polar surface area (TPSA) is 50.4 Å². The first-order valence-corrected chi connectivity index (χ1v) is 7.56. The van der Waals surface area contributed by atoms with Crippen molar-refractivity contribution in [2.45, 2.75) is 45.1 Å². The maximum absolute atomic E-state index is 12.2. The first-order valence-electron chi connectivity index (χ1n) is 7.56. The summed E-state index contributed by atoms with van der Waals surface area (Å²) in [6.45, 7) is 3.70. The fourth-order valence-electron chi connectivity index (χ4n) is 2.37. The van der Waals surface area contributed by atoms with E-state index in [0.717, 1.165) is 43.7 Å². The van der Waals surface area contributed by atoms with Gasteiger partial charge in [-0.15, -0.1) is 0 Å². The van der Waals surface area contributed by atoms with Gasteiger partial charge in [-0.1, -0.05) is 25.8 Å². The molecule has 2 rings (SSSR count). The Labute approximate surface area is 120 Å². The second-order valence-electron chi connectivity index (χ2n) is 5.22. The van der Waals surface area contributed by atoms with Gasteiger partial charge in [0.1, 0.15) is 5.75 Å². The summed E-state index contributed by atoms with van der Waals surface area (Å²) >= 11 is 0. The monoisotopic (exact) mass is 276 g/mol. The number of anilines is 1. The first-order chi connectivity index (χ1) is 9.79. The Kier molecular flexibility index (Phi) is 5.87. The normalized spacial score (nSPS) is 19.1. The zero-order valence-electron chi connectivity index (χ0n) is 12.2. The number of carbonyl (C=O) groups is 1. The molecule has 1 amide bonds. The summed E-state index contributed by atoms with van der Waals surface area (Å²) in [7, 11) is 0. The van der Waals surface area contributed by atoms with Crippen molar-refractivity contribution in [2.75, 3.05) is 18.5 Å². The van der Waals surface area contributed by atoms with Crippen LogP contribution < -0.4 is 15.4 Å². The van der Waals surface area contributed by atoms with E-state index in [1.54, 1.807) is 0 Å². The smallest absolute Gasteiger partial charge is 0.241 e. The van der Waals surface area contributed by atoms with Crippen molar-refractivity contribution >= 4 is 11.6 Å². The van der Waals surface area contributed by atoms with Gasteiger partial charge in [0.25, 0.3) is 0 Å². The summed E-state index contributed by atoms with van der Waals surface area (Å²) < 4.78 is 5.58. The molecule has 0 spiro atoms. The van der Waals surface area contributed by atoms with Crippen LogP contribution in [0.2, 0.25) is 0 Å². The quantitative estimate of drug-likeness (QED) is 0.869. The van der Waals surface area contributed by atoms with Crippen molar-refractivity contribution in [3.63, 3.8) is 0 Å². The number of nitrogens with one attached hydrogen (secondary N) is 2. The third kappa shape index (κ3) is 4.53. The van der Waals surface area contributed by atoms with E-state index in [0.29, 0.717) is 6.61 Å². The number of carbonyl (C=O) groups excluding carboxylic acids is 1. The summed E-state index contributed by atoms with van der Waals surface area (Å²) in [6, 6.07) is 7.52. The highest BCUT2D eigenvalue weighted by Gasteiger charge is 2.19. The van der Waals surface area contributed by atoms with Gasteiger partial charge >= 0.3 is 0 Å². The zero-order valence-corrected chi connectivity index (χ0v) is 12.2. The Bertz CT molecular complexity index is 426. The Balaban J connectivity index is 1.92. The second-order valence-corrected chi connectivity index (χ2v) is 5.22. The summed E-state index contributed by atoms with van der Waals surface area (Å²) in [4.78, 5) is 12.2. The Hall–Kier alpha value is -1.55. The van der Waals surface area contributed by atoms with Gasteiger partial charge in [-0.3, -0.25) is 4.79 Å². The van der Waals surface area contributed by atoms with Crippen LogP contribution in [0.15, 0.2) is 24.3 Å². The molecule has 0 aliphatic carbocycles. The number of hydrogen-bond acceptors (Lipinski definition) is 3. The highest BCUT2D eigenvalue weighted by Crippen LogP contribution is 2.18. The Morgan fingerprint density at radius 1 is 1.40 bits per heavy atom. The minimum Gasteiger partial charge on any atom is -0.494 e. The molecule has 0 bridgehead atoms. The van der Waals surface area contributed by atoms with Crippen molar-refractivity contribution in [3.8, 4) is 5.75 Å². The van der Waals surface area contributed by atoms with Crippen LogP contribution in [0, 0.1) is 0 Å². The van der Waals surface area contributed by atoms with Gasteiger partial charge in [0.05, 0.1) is 12.6 Å². The molecule has 1 unspecified atom stereocenters. The van der Waals surface area contributed by atoms with Gasteiger partial charge in [-0.2, -0.15) is 0 Å². The van der Waals surface area contributed by atoms with Crippen molar-refractivity contribution < 1.29 is 9.53 Å². The predicted octanol–water partition coefficient (Wildman–Crippen LogP) is 2.95. The maximum Gasteiger partial charge on any atom is 0.241 e. The summed E-state index contributed by atoms with van der Waals surface area (Å²) in [6.07, 6.45) is 5.37. The number of benzene rings is 1. The molecule has 1 fully saturated rings. The first kappa shape index (κ1) is 14.9. The molecule has 4 nitrogen and oxygen atoms in total. The highest BCUT2D eigenvalue weighted by molar-refractivity contribution is 5.95. The largest absolute Gasteiger partial charge is 0.494 e. The fourth-order valence-corrected chi connectivity index (χ4v) is 2.37. The lowest BCUT2D eigenvalue weighted by Gasteiger charge is -2.16. The van der Waals surface area contributed by atoms with Crippen LogP contribution in [0.25, 0.3) is 0 Å². The molecular formula is C16H24N2O2. The SMILES string of the molecule is CCCOc1cccc(NC(=O)C2CCCCCN2)c1. The van der Waals surface area contributed by atoms with Crippen molar-refractivity contribution in [1.82, 2.24) is 5.32 Å². The molecule has 2 N–H and O–H groups in total. The molecule has 0 saturated carbocycles. The van der Waals surface area contributed by atoms with E-state index in [1.807, 2.05) is 24.3 Å². The molecule has 1 saturated heterocycles. The van der Waals surface area contributed by atoms with E-state index < -0.39 is 0 Å². The predicted molar refractivity (Wildman–Crippen MR) is 81.1 cm³/mol. The molecular weight excluding hydrogens is 252 g/mol. The number of rotatable bonds is 5. The molecule has 1 aromatic rings. The van der Waals surface area contributed by atoms with Crippen molar-refractivity contribution in [3.05, 3.63) is 24.3 Å². The lowest BCUT2D eigenvalue weighted by molar-refractivity contribution is -0.118. The molecule has 1 aliphatic rings. The lowest BCUT2D eigenvalue weighted by Crippen LogP contribution is -2.39. The minimum atomic E-state index is -0.0716. The van der Waals surface area contributed by atoms with Crippen molar-refractivity contribution in [1.29, 1.82) is 0 Å². The Morgan fingerprint density at radius 2 is 2.30 bits per heavy atom. The van der Waals surface area contributed by atoms with Crippen LogP contribution >= 0.6 is 0 Å². The van der Waals surface area contributed by atoms with E-state index in [4.69, 9.17) is 4.74 Å². The van der Waals surface area contributed by atoms with Crippen LogP contribution in [-0.2, 0) is 4.79 Å². The van der Waals surface area contributed by atoms with Gasteiger partial charge in [0.2, 0.25) is 5.91 Å². The van der Waals surface area contributed by atoms with Gasteiger partial charge in [-0.25, -0.2) is 0 Å². The zero-order chi connectivity index (χ0) is 14.2. The molecule has 1 heterocycles. The number of ether oxygens (including phenoxy) is 1. The molecule has 110 valence electrons. The van der Waals surface area contributed by atoms with Crippen LogP contribution in [0.3, 0.4) is 0 Å². The average molecular weight is 276 g/mol. The van der Waals surface area contributed by atoms with E-state index in [9.17, 15) is 4.79 Å². The fraction of sp³-hybridized carbons (Fsp3) is 0.562. The maximum atomic E-state index is 12.2. The summed E-state index contributed by atoms with van der Waals surface area (Å²) in [5.74, 6) is 0.859. The molecule has 0 radical (unpaired) electrons. The van der Waals surface area contributed by atoms with Gasteiger partial charge in [-0.05, 0) is 37.9 Å². The summed E-state index contributed by atoms with van der Waals surface area (Å²) in [5, 5.41) is 6.28. The van der Waals surface area contributed by atoms with Crippen LogP contribution in [0.1, 0.15) is 39.0 Å². The second kappa shape index (κ2) is 7.90. The number of hydrogen-bond donors (Lipinski definition) is 2. The van der Waals surface area contributed by atoms with E-state index in [-0.39, 0.29) is 11.9 Å². The molecule has 0 aromatic heterocycles. The third-order valence-corrected chi connectivity index (χ3v) is 3.45. The van der Waals surface area contributed by atoms with Gasteiger partial charge in [0, 0.05) is 11.8 Å². The molecule has 1 aliphatic heterocycles. The van der Waals surface area contributed by atoms with Crippen molar-refractivity contribution in [2.24, 2.45) is 0 Å². The average Bonchev–Trinajstić information content (AvgIpc) is 2.74. The van der Waals surface area contributed by atoms with Crippen LogP contribution in [0.5, 0.6) is 5.75 Å². The molecule has 20 heavy (non-hydrogen) atoms. The van der Waals surface area contributed by atoms with E-state index in [2.05, 4.69) is 17.6 Å². The highest BCUT2D eigenvalue weighted by atomic mass is 16.5. The minimum absolute atomic E-state index is 0.0551. The molecule has 1 aromatic carbocycles. The lowest BCUT2D eigenvalue weighted by atomic mass is 10.1. The standard InChI is InChI=1S/C16H24N2O2/c1-2-11-20-14-8-6-7-13(12-14)18-16(19)15-9-4-3-5-10-17-15/h6-8,12,15,17H,2-5,9-11H2,1H3,(H,18,19). The molecule has 4 heteroatoms. The van der Waals surface area contributed by atoms with E-state index >= 15 is 0 Å². The van der Waals surface area contributed by atoms with Crippen LogP contribution in [-0.4, -0.2) is 25.1 Å². The van der Waals surface area contributed by atoms with E-state index in [1.165, 1.54) is 6.42 Å². The molecule has 1 atom stereocenters.